The van der Waals surface area contributed by atoms with Gasteiger partial charge in [-0.25, -0.2) is 19.2 Å². The fraction of sp³-hybridized carbons (Fsp3) is 0.360. The molecule has 2 fully saturated rings. The number of amidine groups is 1. The van der Waals surface area contributed by atoms with Crippen molar-refractivity contribution in [3.05, 3.63) is 59.2 Å². The summed E-state index contributed by atoms with van der Waals surface area (Å²) in [5.74, 6) is -1.26. The number of pyridine rings is 1. The number of hydrogen-bond donors (Lipinski definition) is 3. The van der Waals surface area contributed by atoms with E-state index >= 15 is 0 Å². The molecule has 39 heavy (non-hydrogen) atoms. The Morgan fingerprint density at radius 1 is 1.21 bits per heavy atom. The lowest BCUT2D eigenvalue weighted by Gasteiger charge is -2.37. The predicted molar refractivity (Wildman–Crippen MR) is 140 cm³/mol. The molecule has 14 heteroatoms. The summed E-state index contributed by atoms with van der Waals surface area (Å²) in [6.45, 7) is 5.26. The lowest BCUT2D eigenvalue weighted by molar-refractivity contribution is 0.0807. The van der Waals surface area contributed by atoms with Gasteiger partial charge < -0.3 is 30.0 Å². The van der Waals surface area contributed by atoms with E-state index in [1.165, 1.54) is 30.3 Å². The summed E-state index contributed by atoms with van der Waals surface area (Å²) in [5, 5.41) is 14.6. The van der Waals surface area contributed by atoms with Crippen LogP contribution in [0.1, 0.15) is 21.5 Å². The average Bonchev–Trinajstić information content (AvgIpc) is 3.35. The first kappa shape index (κ1) is 26.0. The first-order valence-electron chi connectivity index (χ1n) is 12.3. The maximum absolute atomic E-state index is 14.9. The van der Waals surface area contributed by atoms with Crippen LogP contribution in [-0.2, 0) is 9.47 Å². The molecule has 13 nitrogen and oxygen atoms in total. The molecule has 0 bridgehead atoms. The van der Waals surface area contributed by atoms with Gasteiger partial charge in [-0.2, -0.15) is 10.2 Å². The molecular formula is C25H28FN9O4. The van der Waals surface area contributed by atoms with Gasteiger partial charge in [-0.3, -0.25) is 4.79 Å². The molecule has 0 atom stereocenters. The predicted octanol–water partition coefficient (Wildman–Crippen LogP) is 2.60. The molecule has 2 amide bonds. The number of nitrogens with zero attached hydrogens (tertiary/aromatic N) is 6. The number of fused-ring (bicyclic) bond motifs is 1. The number of anilines is 2. The van der Waals surface area contributed by atoms with E-state index in [0.717, 1.165) is 18.8 Å². The van der Waals surface area contributed by atoms with E-state index in [2.05, 4.69) is 35.7 Å². The molecule has 0 spiro atoms. The third-order valence-electron chi connectivity index (χ3n) is 6.70. The van der Waals surface area contributed by atoms with Crippen molar-refractivity contribution in [2.24, 2.45) is 10.2 Å². The van der Waals surface area contributed by atoms with Crippen molar-refractivity contribution in [2.75, 3.05) is 56.7 Å². The molecule has 4 heterocycles. The molecule has 2 aromatic heterocycles. The number of ether oxygens (including phenoxy) is 2. The summed E-state index contributed by atoms with van der Waals surface area (Å²) in [7, 11) is 1.30. The van der Waals surface area contributed by atoms with Crippen LogP contribution in [0.2, 0.25) is 0 Å². The van der Waals surface area contributed by atoms with Crippen molar-refractivity contribution in [1.82, 2.24) is 19.9 Å². The van der Waals surface area contributed by atoms with Crippen LogP contribution in [0.25, 0.3) is 5.52 Å². The van der Waals surface area contributed by atoms with Crippen LogP contribution in [0.3, 0.4) is 0 Å². The van der Waals surface area contributed by atoms with Crippen molar-refractivity contribution in [1.29, 1.82) is 5.53 Å². The van der Waals surface area contributed by atoms with Gasteiger partial charge in [0.1, 0.15) is 5.82 Å². The second-order valence-corrected chi connectivity index (χ2v) is 9.22. The minimum absolute atomic E-state index is 0.0578. The number of morpholine rings is 1. The molecule has 0 unspecified atom stereocenters. The van der Waals surface area contributed by atoms with E-state index in [-0.39, 0.29) is 17.4 Å². The highest BCUT2D eigenvalue weighted by molar-refractivity contribution is 6.10. The van der Waals surface area contributed by atoms with Crippen LogP contribution >= 0.6 is 0 Å². The van der Waals surface area contributed by atoms with Crippen LogP contribution < -0.4 is 15.6 Å². The Balaban J connectivity index is 1.32. The highest BCUT2D eigenvalue weighted by atomic mass is 19.1. The first-order chi connectivity index (χ1) is 18.9. The maximum atomic E-state index is 14.9. The van der Waals surface area contributed by atoms with Crippen LogP contribution in [0.4, 0.5) is 20.6 Å². The number of carbonyl (C=O) groups is 2. The van der Waals surface area contributed by atoms with Gasteiger partial charge in [-0.05, 0) is 36.8 Å². The first-order valence-corrected chi connectivity index (χ1v) is 12.3. The molecule has 2 aliphatic heterocycles. The largest absolute Gasteiger partial charge is 0.453 e. The molecule has 3 aromatic rings. The zero-order valence-corrected chi connectivity index (χ0v) is 21.5. The number of rotatable bonds is 6. The molecule has 0 radical (unpaired) electrons. The summed E-state index contributed by atoms with van der Waals surface area (Å²) < 4.78 is 26.6. The molecule has 1 aromatic carbocycles. The molecule has 204 valence electrons. The molecule has 5 rings (SSSR count). The van der Waals surface area contributed by atoms with Gasteiger partial charge in [-0.1, -0.05) is 0 Å². The quantitative estimate of drug-likeness (QED) is 0.189. The van der Waals surface area contributed by atoms with E-state index in [0.29, 0.717) is 48.6 Å². The molecule has 0 saturated carbocycles. The van der Waals surface area contributed by atoms with E-state index in [9.17, 15) is 14.0 Å². The van der Waals surface area contributed by atoms with Gasteiger partial charge in [-0.15, -0.1) is 5.11 Å². The molecule has 0 aliphatic carbocycles. The topological polar surface area (TPSA) is 149 Å². The summed E-state index contributed by atoms with van der Waals surface area (Å²) in [5.41, 5.74) is 13.0. The van der Waals surface area contributed by atoms with Crippen LogP contribution in [-0.4, -0.2) is 84.9 Å². The van der Waals surface area contributed by atoms with E-state index in [1.807, 2.05) is 18.3 Å². The molecular weight excluding hydrogens is 509 g/mol. The Morgan fingerprint density at radius 2 is 1.97 bits per heavy atom. The number of benzene rings is 1. The van der Waals surface area contributed by atoms with Gasteiger partial charge in [0, 0.05) is 31.9 Å². The smallest absolute Gasteiger partial charge is 0.409 e. The van der Waals surface area contributed by atoms with Gasteiger partial charge >= 0.3 is 6.09 Å². The number of likely N-dealkylation sites (tertiary alicyclic amines) is 1. The number of amides is 2. The fourth-order valence-electron chi connectivity index (χ4n) is 4.46. The summed E-state index contributed by atoms with van der Waals surface area (Å²) in [6, 6.07) is 6.24. The summed E-state index contributed by atoms with van der Waals surface area (Å²) in [6.07, 6.45) is 2.91. The fourth-order valence-corrected chi connectivity index (χ4v) is 4.46. The highest BCUT2D eigenvalue weighted by Crippen LogP contribution is 2.24. The van der Waals surface area contributed by atoms with Crippen molar-refractivity contribution in [3.8, 4) is 0 Å². The zero-order valence-electron chi connectivity index (χ0n) is 21.5. The zero-order chi connectivity index (χ0) is 27.5. The highest BCUT2D eigenvalue weighted by Gasteiger charge is 2.31. The van der Waals surface area contributed by atoms with Crippen molar-refractivity contribution >= 4 is 34.7 Å². The Bertz CT molecular complexity index is 1440. The monoisotopic (exact) mass is 537 g/mol. The number of methoxy groups -OCH3 is 1. The Labute approximate surface area is 223 Å². The Kier molecular flexibility index (Phi) is 7.36. The van der Waals surface area contributed by atoms with Crippen molar-refractivity contribution in [3.63, 3.8) is 0 Å². The summed E-state index contributed by atoms with van der Waals surface area (Å²) >= 11 is 0. The molecule has 2 aliphatic rings. The lowest BCUT2D eigenvalue weighted by atomic mass is 10.1. The van der Waals surface area contributed by atoms with Crippen LogP contribution in [0, 0.1) is 18.3 Å². The minimum Gasteiger partial charge on any atom is -0.453 e. The van der Waals surface area contributed by atoms with Gasteiger partial charge in [0.15, 0.2) is 0 Å². The maximum Gasteiger partial charge on any atom is 0.409 e. The minimum atomic E-state index is -0.640. The van der Waals surface area contributed by atoms with Gasteiger partial charge in [0.2, 0.25) is 5.84 Å². The number of halogens is 1. The summed E-state index contributed by atoms with van der Waals surface area (Å²) in [4.78, 5) is 28.4. The van der Waals surface area contributed by atoms with Gasteiger partial charge in [0.25, 0.3) is 5.91 Å². The van der Waals surface area contributed by atoms with E-state index < -0.39 is 17.8 Å². The normalized spacial score (nSPS) is 16.1. The Morgan fingerprint density at radius 3 is 2.69 bits per heavy atom. The number of hydrazone groups is 1. The Hall–Kier alpha value is -4.59. The standard InChI is InChI=1S/C25H28FN9O4/c1-15-9-20(26)18(23(30-27)32-31-16-12-34(13-16)25(37)38-2)10-21(15)29-24(36)19-11-28-35-14-17(3-4-22(19)35)33-5-7-39-8-6-33/h3-4,9-11,14,16,27,31H,5-8,12-13H2,1-2H3,(H,29,36)/b30-27?,32-23-. The SMILES string of the molecule is COC(=O)N1CC(N/N=C(\N=N)c2cc(NC(=O)c3cnn4cc(N5CCOCC5)ccc34)c(C)cc2F)C1. The van der Waals surface area contributed by atoms with E-state index in [1.54, 1.807) is 11.4 Å². The number of nitrogens with one attached hydrogen (secondary N) is 3. The van der Waals surface area contributed by atoms with Gasteiger partial charge in [0.05, 0.1) is 61.1 Å². The lowest BCUT2D eigenvalue weighted by Crippen LogP contribution is -2.58. The molecule has 3 N–H and O–H groups in total. The van der Waals surface area contributed by atoms with Crippen LogP contribution in [0.5, 0.6) is 0 Å². The van der Waals surface area contributed by atoms with Crippen LogP contribution in [0.15, 0.2) is 46.9 Å². The molecule has 2 saturated heterocycles. The number of hydrogen-bond acceptors (Lipinski definition) is 9. The number of carbonyl (C=O) groups excluding carboxylic acids is 2. The third-order valence-corrected chi connectivity index (χ3v) is 6.70. The van der Waals surface area contributed by atoms with Crippen molar-refractivity contribution < 1.29 is 23.5 Å². The second kappa shape index (κ2) is 11.0. The number of aryl methyl sites for hydroxylation is 1. The second-order valence-electron chi connectivity index (χ2n) is 9.22. The third kappa shape index (κ3) is 5.36. The number of aromatic nitrogens is 2. The average molecular weight is 538 g/mol. The van der Waals surface area contributed by atoms with E-state index in [4.69, 9.17) is 10.3 Å². The van der Waals surface area contributed by atoms with Crippen molar-refractivity contribution in [2.45, 2.75) is 13.0 Å².